The van der Waals surface area contributed by atoms with Gasteiger partial charge in [0.25, 0.3) is 0 Å². The Balaban J connectivity index is 3.30. The summed E-state index contributed by atoms with van der Waals surface area (Å²) in [5.41, 5.74) is 0. The molecule has 0 aromatic rings. The number of carboxylic acid groups (broad SMARTS) is 2. The minimum absolute atomic E-state index is 0.0763. The number of nitrogens with one attached hydrogen (secondary N) is 1. The lowest BCUT2D eigenvalue weighted by atomic mass is 10.0. The first kappa shape index (κ1) is 26.1. The average Bonchev–Trinajstić information content (AvgIpc) is 2.64. The second-order valence-electron chi connectivity index (χ2n) is 7.28. The number of hydrogen-bond acceptors (Lipinski definition) is 4. The standard InChI is InChI=1S/C21H36NO6/c23-17-18(21(27)28)15-16-22-19(24)13-11-9-7-5-3-1-2-4-6-8-10-12-14-20(25)26/h18H,1-16H2,(H,22,24)(H,25,26)(H,27,28). The van der Waals surface area contributed by atoms with Crippen LogP contribution in [0.5, 0.6) is 0 Å². The van der Waals surface area contributed by atoms with E-state index in [-0.39, 0.29) is 25.3 Å². The van der Waals surface area contributed by atoms with Gasteiger partial charge in [0.2, 0.25) is 12.2 Å². The van der Waals surface area contributed by atoms with Crippen molar-refractivity contribution in [1.82, 2.24) is 5.32 Å². The molecule has 1 unspecified atom stereocenters. The summed E-state index contributed by atoms with van der Waals surface area (Å²) in [4.78, 5) is 43.1. The van der Waals surface area contributed by atoms with Crippen molar-refractivity contribution in [2.24, 2.45) is 5.92 Å². The number of rotatable bonds is 20. The molecule has 0 bridgehead atoms. The van der Waals surface area contributed by atoms with Gasteiger partial charge in [0.15, 0.2) is 0 Å². The maximum absolute atomic E-state index is 11.6. The van der Waals surface area contributed by atoms with Crippen molar-refractivity contribution in [2.75, 3.05) is 6.54 Å². The van der Waals surface area contributed by atoms with Crippen LogP contribution < -0.4 is 5.32 Å². The molecule has 0 spiro atoms. The Morgan fingerprint density at radius 2 is 1.14 bits per heavy atom. The topological polar surface area (TPSA) is 121 Å². The molecule has 7 nitrogen and oxygen atoms in total. The van der Waals surface area contributed by atoms with Gasteiger partial charge >= 0.3 is 11.9 Å². The zero-order valence-electron chi connectivity index (χ0n) is 16.9. The smallest absolute Gasteiger partial charge is 0.314 e. The van der Waals surface area contributed by atoms with Gasteiger partial charge in [0.05, 0.1) is 0 Å². The van der Waals surface area contributed by atoms with Gasteiger partial charge in [-0.15, -0.1) is 0 Å². The molecule has 0 aliphatic heterocycles. The lowest BCUT2D eigenvalue weighted by molar-refractivity contribution is -0.140. The van der Waals surface area contributed by atoms with E-state index in [1.165, 1.54) is 44.8 Å². The number of unbranched alkanes of at least 4 members (excludes halogenated alkanes) is 11. The molecule has 0 saturated heterocycles. The minimum Gasteiger partial charge on any atom is -0.481 e. The molecule has 161 valence electrons. The fourth-order valence-corrected chi connectivity index (χ4v) is 3.01. The molecule has 0 heterocycles. The number of carboxylic acids is 2. The van der Waals surface area contributed by atoms with E-state index >= 15 is 0 Å². The third kappa shape index (κ3) is 17.5. The largest absolute Gasteiger partial charge is 0.481 e. The lowest BCUT2D eigenvalue weighted by Crippen LogP contribution is -2.28. The van der Waals surface area contributed by atoms with Crippen molar-refractivity contribution in [3.05, 3.63) is 0 Å². The molecule has 0 aromatic heterocycles. The third-order valence-corrected chi connectivity index (χ3v) is 4.74. The summed E-state index contributed by atoms with van der Waals surface area (Å²) < 4.78 is 0. The van der Waals surface area contributed by atoms with Gasteiger partial charge in [0, 0.05) is 19.4 Å². The number of aliphatic carboxylic acids is 2. The third-order valence-electron chi connectivity index (χ3n) is 4.74. The zero-order valence-corrected chi connectivity index (χ0v) is 16.9. The first-order valence-corrected chi connectivity index (χ1v) is 10.6. The molecule has 0 saturated carbocycles. The Morgan fingerprint density at radius 3 is 1.54 bits per heavy atom. The van der Waals surface area contributed by atoms with Crippen molar-refractivity contribution >= 4 is 24.1 Å². The molecular weight excluding hydrogens is 362 g/mol. The Labute approximate surface area is 168 Å². The Hall–Kier alpha value is -1.92. The van der Waals surface area contributed by atoms with E-state index in [4.69, 9.17) is 10.2 Å². The molecular formula is C21H36NO6. The van der Waals surface area contributed by atoms with Crippen LogP contribution in [0.2, 0.25) is 0 Å². The van der Waals surface area contributed by atoms with E-state index in [9.17, 15) is 19.2 Å². The van der Waals surface area contributed by atoms with E-state index in [1.54, 1.807) is 0 Å². The fraction of sp³-hybridized carbons (Fsp3) is 0.810. The summed E-state index contributed by atoms with van der Waals surface area (Å²) >= 11 is 0. The number of amides is 1. The van der Waals surface area contributed by atoms with Gasteiger partial charge in [0.1, 0.15) is 5.92 Å². The first-order valence-electron chi connectivity index (χ1n) is 10.6. The summed E-state index contributed by atoms with van der Waals surface area (Å²) in [6.07, 6.45) is 15.4. The van der Waals surface area contributed by atoms with Crippen molar-refractivity contribution in [1.29, 1.82) is 0 Å². The van der Waals surface area contributed by atoms with E-state index in [0.29, 0.717) is 6.42 Å². The molecule has 1 radical (unpaired) electrons. The molecule has 0 aromatic carbocycles. The van der Waals surface area contributed by atoms with Gasteiger partial charge < -0.3 is 15.5 Å². The number of hydrogen-bond donors (Lipinski definition) is 3. The van der Waals surface area contributed by atoms with Crippen LogP contribution in [-0.2, 0) is 19.2 Å². The summed E-state index contributed by atoms with van der Waals surface area (Å²) in [6, 6.07) is 0. The van der Waals surface area contributed by atoms with Gasteiger partial charge in [-0.3, -0.25) is 19.2 Å². The highest BCUT2D eigenvalue weighted by molar-refractivity contribution is 5.86. The van der Waals surface area contributed by atoms with E-state index in [2.05, 4.69) is 5.32 Å². The summed E-state index contributed by atoms with van der Waals surface area (Å²) in [5, 5.41) is 19.9. The number of carbonyl (C=O) groups is 3. The van der Waals surface area contributed by atoms with Crippen LogP contribution in [0.15, 0.2) is 0 Å². The van der Waals surface area contributed by atoms with Crippen LogP contribution in [0, 0.1) is 5.92 Å². The summed E-state index contributed by atoms with van der Waals surface area (Å²) in [7, 11) is 0. The van der Waals surface area contributed by atoms with Crippen LogP contribution >= 0.6 is 0 Å². The zero-order chi connectivity index (χ0) is 21.0. The second kappa shape index (κ2) is 18.4. The van der Waals surface area contributed by atoms with Crippen molar-refractivity contribution in [3.8, 4) is 0 Å². The average molecular weight is 399 g/mol. The maximum atomic E-state index is 11.6. The van der Waals surface area contributed by atoms with Crippen LogP contribution in [0.4, 0.5) is 0 Å². The van der Waals surface area contributed by atoms with Crippen molar-refractivity contribution in [3.63, 3.8) is 0 Å². The highest BCUT2D eigenvalue weighted by Gasteiger charge is 2.16. The SMILES string of the molecule is O=[C]C(CCNC(=O)CCCCCCCCCCCCCCC(=O)O)C(=O)O. The molecule has 0 rings (SSSR count). The number of carbonyl (C=O) groups excluding carboxylic acids is 2. The molecule has 0 aliphatic rings. The molecule has 0 fully saturated rings. The minimum atomic E-state index is -1.21. The van der Waals surface area contributed by atoms with Crippen LogP contribution in [0.1, 0.15) is 96.3 Å². The molecule has 1 atom stereocenters. The quantitative estimate of drug-likeness (QED) is 0.212. The van der Waals surface area contributed by atoms with E-state index < -0.39 is 17.9 Å². The normalized spacial score (nSPS) is 11.7. The van der Waals surface area contributed by atoms with Crippen LogP contribution in [0.3, 0.4) is 0 Å². The van der Waals surface area contributed by atoms with Crippen LogP contribution in [-0.4, -0.2) is 40.9 Å². The van der Waals surface area contributed by atoms with Gasteiger partial charge in [-0.05, 0) is 19.3 Å². The molecule has 0 aliphatic carbocycles. The molecule has 1 amide bonds. The monoisotopic (exact) mass is 398 g/mol. The highest BCUT2D eigenvalue weighted by Crippen LogP contribution is 2.13. The highest BCUT2D eigenvalue weighted by atomic mass is 16.4. The predicted octanol–water partition coefficient (Wildman–Crippen LogP) is 3.85. The molecule has 3 N–H and O–H groups in total. The molecule has 7 heteroatoms. The Kier molecular flexibility index (Phi) is 17.2. The van der Waals surface area contributed by atoms with Gasteiger partial charge in [-0.2, -0.15) is 0 Å². The van der Waals surface area contributed by atoms with Crippen molar-refractivity contribution in [2.45, 2.75) is 96.3 Å². The fourth-order valence-electron chi connectivity index (χ4n) is 3.01. The van der Waals surface area contributed by atoms with E-state index in [1.807, 2.05) is 0 Å². The summed E-state index contributed by atoms with van der Waals surface area (Å²) in [6.45, 7) is 0.185. The van der Waals surface area contributed by atoms with E-state index in [0.717, 1.165) is 38.5 Å². The first-order chi connectivity index (χ1) is 13.5. The summed E-state index contributed by atoms with van der Waals surface area (Å²) in [5.74, 6) is -3.18. The Bertz CT molecular complexity index is 452. The molecule has 28 heavy (non-hydrogen) atoms. The Morgan fingerprint density at radius 1 is 0.714 bits per heavy atom. The van der Waals surface area contributed by atoms with Crippen molar-refractivity contribution < 1.29 is 29.4 Å². The van der Waals surface area contributed by atoms with Crippen LogP contribution in [0.25, 0.3) is 0 Å². The maximum Gasteiger partial charge on any atom is 0.314 e. The predicted molar refractivity (Wildman–Crippen MR) is 107 cm³/mol. The second-order valence-corrected chi connectivity index (χ2v) is 7.28. The van der Waals surface area contributed by atoms with Gasteiger partial charge in [-0.1, -0.05) is 64.2 Å². The van der Waals surface area contributed by atoms with Gasteiger partial charge in [-0.25, -0.2) is 0 Å². The lowest BCUT2D eigenvalue weighted by Gasteiger charge is -2.07.